The minimum atomic E-state index is 0.0270. The lowest BCUT2D eigenvalue weighted by molar-refractivity contribution is 0.590. The summed E-state index contributed by atoms with van der Waals surface area (Å²) in [5.74, 6) is 0. The van der Waals surface area contributed by atoms with Crippen molar-refractivity contribution in [3.63, 3.8) is 0 Å². The van der Waals surface area contributed by atoms with Gasteiger partial charge in [0.05, 0.1) is 0 Å². The van der Waals surface area contributed by atoms with E-state index >= 15 is 0 Å². The quantitative estimate of drug-likeness (QED) is 0.139. The van der Waals surface area contributed by atoms with Crippen molar-refractivity contribution in [2.75, 3.05) is 9.80 Å². The minimum absolute atomic E-state index is 0.0270. The molecule has 0 saturated heterocycles. The summed E-state index contributed by atoms with van der Waals surface area (Å²) < 4.78 is 0.110. The number of anilines is 6. The van der Waals surface area contributed by atoms with E-state index in [-0.39, 0.29) is 22.3 Å². The highest BCUT2D eigenvalue weighted by Crippen LogP contribution is 2.46. The fraction of sp³-hybridized carbons (Fsp3) is 0.318. The second-order valence-electron chi connectivity index (χ2n) is 16.9. The first-order valence-corrected chi connectivity index (χ1v) is 18.2. The van der Waals surface area contributed by atoms with Crippen LogP contribution >= 0.6 is 11.8 Å². The lowest BCUT2D eigenvalue weighted by Crippen LogP contribution is -2.61. The molecule has 2 aliphatic rings. The average molecular weight is 649 g/mol. The average Bonchev–Trinajstić information content (AvgIpc) is 2.99. The zero-order chi connectivity index (χ0) is 34.3. The third kappa shape index (κ3) is 5.66. The van der Waals surface area contributed by atoms with Gasteiger partial charge < -0.3 is 9.80 Å². The largest absolute Gasteiger partial charge is 0.311 e. The molecule has 5 aromatic carbocycles. The molecule has 0 spiro atoms. The Kier molecular flexibility index (Phi) is 7.71. The van der Waals surface area contributed by atoms with Gasteiger partial charge in [0.15, 0.2) is 0 Å². The fourth-order valence-electron chi connectivity index (χ4n) is 7.47. The van der Waals surface area contributed by atoms with Gasteiger partial charge in [-0.3, -0.25) is 0 Å². The number of fused-ring (bicyclic) bond motifs is 4. The van der Waals surface area contributed by atoms with Crippen molar-refractivity contribution in [2.45, 2.75) is 96.6 Å². The van der Waals surface area contributed by atoms with Gasteiger partial charge in [-0.05, 0) is 112 Å². The number of aryl methyl sites for hydroxylation is 2. The molecular formula is C44H49BN2S. The molecule has 0 fully saturated rings. The van der Waals surface area contributed by atoms with E-state index in [0.29, 0.717) is 0 Å². The van der Waals surface area contributed by atoms with Crippen molar-refractivity contribution in [1.82, 2.24) is 0 Å². The molecule has 0 aliphatic carbocycles. The van der Waals surface area contributed by atoms with Gasteiger partial charge in [-0.1, -0.05) is 111 Å². The van der Waals surface area contributed by atoms with E-state index in [2.05, 4.69) is 183 Å². The topological polar surface area (TPSA) is 6.48 Å². The Morgan fingerprint density at radius 1 is 0.521 bits per heavy atom. The summed E-state index contributed by atoms with van der Waals surface area (Å²) in [4.78, 5) is 6.39. The van der Waals surface area contributed by atoms with E-state index in [1.807, 2.05) is 11.8 Å². The maximum Gasteiger partial charge on any atom is 0.252 e. The van der Waals surface area contributed by atoms with E-state index in [0.717, 1.165) is 0 Å². The van der Waals surface area contributed by atoms with Gasteiger partial charge in [-0.15, -0.1) is 11.8 Å². The van der Waals surface area contributed by atoms with E-state index in [1.54, 1.807) is 0 Å². The van der Waals surface area contributed by atoms with E-state index < -0.39 is 0 Å². The highest BCUT2D eigenvalue weighted by atomic mass is 32.2. The molecule has 0 atom stereocenters. The van der Waals surface area contributed by atoms with Crippen molar-refractivity contribution in [3.8, 4) is 0 Å². The summed E-state index contributed by atoms with van der Waals surface area (Å²) in [5, 5.41) is 0. The summed E-state index contributed by atoms with van der Waals surface area (Å²) in [6.07, 6.45) is 0. The van der Waals surface area contributed by atoms with Crippen LogP contribution in [0.2, 0.25) is 0 Å². The Morgan fingerprint density at radius 2 is 1.08 bits per heavy atom. The number of nitrogens with zero attached hydrogens (tertiary/aromatic N) is 2. The van der Waals surface area contributed by atoms with Gasteiger partial charge in [0, 0.05) is 43.8 Å². The van der Waals surface area contributed by atoms with E-state index in [9.17, 15) is 0 Å². The number of thioether (sulfide) groups is 1. The van der Waals surface area contributed by atoms with E-state index in [4.69, 9.17) is 0 Å². The molecule has 7 rings (SSSR count). The molecule has 2 heterocycles. The Labute approximate surface area is 293 Å². The molecule has 0 unspecified atom stereocenters. The molecular weight excluding hydrogens is 599 g/mol. The Morgan fingerprint density at radius 3 is 1.71 bits per heavy atom. The van der Waals surface area contributed by atoms with Crippen LogP contribution in [0.3, 0.4) is 0 Å². The van der Waals surface area contributed by atoms with Crippen LogP contribution in [0.1, 0.15) is 84.6 Å². The zero-order valence-electron chi connectivity index (χ0n) is 30.6. The molecule has 0 saturated carbocycles. The van der Waals surface area contributed by atoms with Crippen LogP contribution in [-0.2, 0) is 10.8 Å². The fourth-order valence-corrected chi connectivity index (χ4v) is 8.50. The van der Waals surface area contributed by atoms with Crippen LogP contribution in [0.25, 0.3) is 0 Å². The first kappa shape index (κ1) is 32.7. The molecule has 48 heavy (non-hydrogen) atoms. The lowest BCUT2D eigenvalue weighted by atomic mass is 9.33. The van der Waals surface area contributed by atoms with Crippen molar-refractivity contribution >= 4 is 69.0 Å². The second-order valence-corrected chi connectivity index (χ2v) is 18.8. The highest BCUT2D eigenvalue weighted by molar-refractivity contribution is 8.00. The molecule has 0 N–H and O–H groups in total. The third-order valence-corrected chi connectivity index (χ3v) is 10.9. The van der Waals surface area contributed by atoms with Crippen molar-refractivity contribution < 1.29 is 0 Å². The minimum Gasteiger partial charge on any atom is -0.311 e. The molecule has 4 heteroatoms. The van der Waals surface area contributed by atoms with E-state index in [1.165, 1.54) is 77.7 Å². The first-order chi connectivity index (χ1) is 22.5. The summed E-state index contributed by atoms with van der Waals surface area (Å²) in [7, 11) is 0. The van der Waals surface area contributed by atoms with Crippen LogP contribution < -0.4 is 26.2 Å². The Bertz CT molecular complexity index is 2040. The molecule has 5 aromatic rings. The number of para-hydroxylation sites is 1. The van der Waals surface area contributed by atoms with Crippen LogP contribution in [-0.4, -0.2) is 11.5 Å². The molecule has 244 valence electrons. The normalized spacial score (nSPS) is 14.1. The molecule has 0 radical (unpaired) electrons. The molecule has 0 aromatic heterocycles. The number of rotatable bonds is 3. The lowest BCUT2D eigenvalue weighted by Gasteiger charge is -2.45. The first-order valence-electron chi connectivity index (χ1n) is 17.4. The van der Waals surface area contributed by atoms with Gasteiger partial charge in [0.2, 0.25) is 0 Å². The predicted octanol–water partition coefficient (Wildman–Crippen LogP) is 10.9. The van der Waals surface area contributed by atoms with Crippen LogP contribution in [0.4, 0.5) is 34.1 Å². The predicted molar refractivity (Wildman–Crippen MR) is 213 cm³/mol. The Hall–Kier alpha value is -3.89. The van der Waals surface area contributed by atoms with Gasteiger partial charge in [0.25, 0.3) is 6.71 Å². The van der Waals surface area contributed by atoms with Crippen LogP contribution in [0.5, 0.6) is 0 Å². The third-order valence-electron chi connectivity index (χ3n) is 9.82. The monoisotopic (exact) mass is 648 g/mol. The maximum absolute atomic E-state index is 2.54. The van der Waals surface area contributed by atoms with Gasteiger partial charge in [-0.2, -0.15) is 0 Å². The molecule has 2 aliphatic heterocycles. The van der Waals surface area contributed by atoms with Crippen LogP contribution in [0, 0.1) is 13.8 Å². The van der Waals surface area contributed by atoms with Gasteiger partial charge >= 0.3 is 0 Å². The summed E-state index contributed by atoms with van der Waals surface area (Å²) in [6.45, 7) is 25.4. The van der Waals surface area contributed by atoms with Crippen molar-refractivity contribution in [2.24, 2.45) is 0 Å². The number of hydrogen-bond acceptors (Lipinski definition) is 3. The zero-order valence-corrected chi connectivity index (χ0v) is 31.4. The standard InChI is InChI=1S/C44H49BN2S/c1-28-24-39-41-40(25-28)47(36-15-13-12-14-29(36)2)38-23-21-33(48-44(9,10)11)27-35(38)45(41)34-26-31(43(6,7)8)18-22-37(34)46(39)32-19-16-30(17-20-32)42(3,4)5/h12-27H,1-11H3. The smallest absolute Gasteiger partial charge is 0.252 e. The van der Waals surface area contributed by atoms with Crippen molar-refractivity contribution in [3.05, 3.63) is 119 Å². The highest BCUT2D eigenvalue weighted by Gasteiger charge is 2.44. The van der Waals surface area contributed by atoms with Gasteiger partial charge in [-0.25, -0.2) is 0 Å². The maximum atomic E-state index is 2.54. The summed E-state index contributed by atoms with van der Waals surface area (Å²) in [5.41, 5.74) is 17.0. The molecule has 0 bridgehead atoms. The Balaban J connectivity index is 1.58. The number of benzene rings is 5. The van der Waals surface area contributed by atoms with Gasteiger partial charge in [0.1, 0.15) is 0 Å². The summed E-state index contributed by atoms with van der Waals surface area (Å²) in [6, 6.07) is 37.4. The SMILES string of the molecule is Cc1cc2c3c(c1)N(c1ccccc1C)c1ccc(SC(C)(C)C)cc1B3c1cc(C(C)(C)C)ccc1N2c1ccc(C(C)(C)C)cc1. The molecule has 2 nitrogen and oxygen atoms in total. The summed E-state index contributed by atoms with van der Waals surface area (Å²) >= 11 is 1.95. The molecule has 0 amide bonds. The van der Waals surface area contributed by atoms with Crippen molar-refractivity contribution in [1.29, 1.82) is 0 Å². The number of hydrogen-bond donors (Lipinski definition) is 0. The second kappa shape index (κ2) is 11.3. The van der Waals surface area contributed by atoms with Crippen LogP contribution in [0.15, 0.2) is 102 Å².